The van der Waals surface area contributed by atoms with Crippen LogP contribution in [0.15, 0.2) is 52.2 Å². The lowest BCUT2D eigenvalue weighted by Crippen LogP contribution is -2.60. The standard InChI is InChI=1S/C23H23F3N6O/c24-23(25,26)16-3-1-2-15(12-16)19-20(32-10-11-33-22(32)30-19)17-4-7-27-21(28-17)29-18-13-31-8-5-14(18)6-9-31/h1-4,7,10-12,14,18,21,28-29H,5-6,8-9,13H2/t18-,21?/m1/s1. The molecule has 2 aromatic heterocycles. The molecule has 0 aliphatic carbocycles. The normalized spacial score (nSPS) is 27.1. The van der Waals surface area contributed by atoms with Crippen LogP contribution in [-0.2, 0) is 6.18 Å². The number of hydrogen-bond donors (Lipinski definition) is 2. The Morgan fingerprint density at radius 1 is 1.18 bits per heavy atom. The van der Waals surface area contributed by atoms with E-state index in [0.29, 0.717) is 40.5 Å². The van der Waals surface area contributed by atoms with E-state index in [4.69, 9.17) is 4.42 Å². The quantitative estimate of drug-likeness (QED) is 0.628. The van der Waals surface area contributed by atoms with E-state index in [2.05, 4.69) is 25.5 Å². The Bertz CT molecular complexity index is 1230. The van der Waals surface area contributed by atoms with E-state index in [1.807, 2.05) is 6.08 Å². The van der Waals surface area contributed by atoms with Crippen LogP contribution in [0.1, 0.15) is 24.1 Å². The molecule has 10 heteroatoms. The van der Waals surface area contributed by atoms with Crippen molar-refractivity contribution >= 4 is 17.8 Å². The molecule has 2 bridgehead atoms. The molecule has 4 aliphatic rings. The fourth-order valence-electron chi connectivity index (χ4n) is 5.11. The first-order valence-corrected chi connectivity index (χ1v) is 11.1. The van der Waals surface area contributed by atoms with Crippen molar-refractivity contribution in [3.8, 4) is 11.3 Å². The summed E-state index contributed by atoms with van der Waals surface area (Å²) < 4.78 is 47.2. The topological polar surface area (TPSA) is 70.1 Å². The molecule has 7 nitrogen and oxygen atoms in total. The summed E-state index contributed by atoms with van der Waals surface area (Å²) in [5.41, 5.74) is 1.40. The third kappa shape index (κ3) is 3.72. The van der Waals surface area contributed by atoms with Gasteiger partial charge in [-0.3, -0.25) is 14.7 Å². The fraction of sp³-hybridized carbons (Fsp3) is 0.391. The maximum absolute atomic E-state index is 13.3. The molecule has 172 valence electrons. The predicted molar refractivity (Wildman–Crippen MR) is 117 cm³/mol. The van der Waals surface area contributed by atoms with Gasteiger partial charge in [0.2, 0.25) is 0 Å². The molecule has 3 fully saturated rings. The van der Waals surface area contributed by atoms with Crippen molar-refractivity contribution in [1.29, 1.82) is 0 Å². The number of rotatable bonds is 4. The zero-order valence-corrected chi connectivity index (χ0v) is 17.7. The highest BCUT2D eigenvalue weighted by molar-refractivity contribution is 5.89. The van der Waals surface area contributed by atoms with Crippen molar-refractivity contribution in [3.05, 3.63) is 54.1 Å². The van der Waals surface area contributed by atoms with E-state index in [9.17, 15) is 13.2 Å². The molecule has 4 aliphatic heterocycles. The van der Waals surface area contributed by atoms with Gasteiger partial charge in [0.15, 0.2) is 6.29 Å². The third-order valence-electron chi connectivity index (χ3n) is 6.78. The lowest BCUT2D eigenvalue weighted by Gasteiger charge is -2.46. The molecule has 6 heterocycles. The maximum atomic E-state index is 13.3. The van der Waals surface area contributed by atoms with Gasteiger partial charge in [-0.05, 0) is 50.1 Å². The van der Waals surface area contributed by atoms with Crippen molar-refractivity contribution < 1.29 is 17.6 Å². The van der Waals surface area contributed by atoms with Crippen LogP contribution in [0.2, 0.25) is 0 Å². The molecule has 0 spiro atoms. The Hall–Kier alpha value is -3.11. The van der Waals surface area contributed by atoms with Gasteiger partial charge in [-0.15, -0.1) is 0 Å². The number of alkyl halides is 3. The van der Waals surface area contributed by atoms with Crippen LogP contribution in [0.5, 0.6) is 0 Å². The number of halogens is 3. The van der Waals surface area contributed by atoms with Crippen molar-refractivity contribution in [2.45, 2.75) is 31.3 Å². The molecular weight excluding hydrogens is 433 g/mol. The average Bonchev–Trinajstić information content (AvgIpc) is 3.41. The Morgan fingerprint density at radius 2 is 2.03 bits per heavy atom. The van der Waals surface area contributed by atoms with Gasteiger partial charge < -0.3 is 14.6 Å². The molecule has 3 aromatic rings. The van der Waals surface area contributed by atoms with Crippen LogP contribution in [0, 0.1) is 5.92 Å². The second-order valence-electron chi connectivity index (χ2n) is 8.78. The molecule has 2 N–H and O–H groups in total. The highest BCUT2D eigenvalue weighted by Gasteiger charge is 2.36. The Morgan fingerprint density at radius 3 is 2.79 bits per heavy atom. The Balaban J connectivity index is 1.32. The number of fused-ring (bicyclic) bond motifs is 4. The Labute approximate surface area is 188 Å². The minimum atomic E-state index is -4.44. The number of benzene rings is 1. The van der Waals surface area contributed by atoms with E-state index >= 15 is 0 Å². The molecule has 0 amide bonds. The largest absolute Gasteiger partial charge is 0.432 e. The molecule has 0 radical (unpaired) electrons. The van der Waals surface area contributed by atoms with Crippen LogP contribution in [0.3, 0.4) is 0 Å². The molecular formula is C23H23F3N6O. The minimum absolute atomic E-state index is 0.310. The summed E-state index contributed by atoms with van der Waals surface area (Å²) in [6.45, 7) is 3.32. The zero-order valence-electron chi connectivity index (χ0n) is 17.7. The van der Waals surface area contributed by atoms with Gasteiger partial charge in [-0.2, -0.15) is 18.2 Å². The summed E-state index contributed by atoms with van der Waals surface area (Å²) in [7, 11) is 0. The predicted octanol–water partition coefficient (Wildman–Crippen LogP) is 3.60. The lowest BCUT2D eigenvalue weighted by atomic mass is 9.84. The highest BCUT2D eigenvalue weighted by Crippen LogP contribution is 2.35. The van der Waals surface area contributed by atoms with Gasteiger partial charge in [0, 0.05) is 30.6 Å². The summed E-state index contributed by atoms with van der Waals surface area (Å²) >= 11 is 0. The fourth-order valence-corrected chi connectivity index (χ4v) is 5.11. The summed E-state index contributed by atoms with van der Waals surface area (Å²) in [5.74, 6) is 0.946. The number of oxazole rings is 1. The monoisotopic (exact) mass is 456 g/mol. The van der Waals surface area contributed by atoms with Crippen LogP contribution in [-0.4, -0.2) is 52.5 Å². The van der Waals surface area contributed by atoms with E-state index in [-0.39, 0.29) is 6.29 Å². The van der Waals surface area contributed by atoms with Crippen molar-refractivity contribution in [2.24, 2.45) is 10.9 Å². The smallest absolute Gasteiger partial charge is 0.416 e. The summed E-state index contributed by atoms with van der Waals surface area (Å²) in [5, 5.41) is 7.03. The van der Waals surface area contributed by atoms with Crippen LogP contribution < -0.4 is 10.6 Å². The summed E-state index contributed by atoms with van der Waals surface area (Å²) in [6.07, 6.45) is 4.35. The number of imidazole rings is 1. The molecule has 2 atom stereocenters. The Kier molecular flexibility index (Phi) is 4.81. The van der Waals surface area contributed by atoms with Gasteiger partial charge >= 0.3 is 12.0 Å². The maximum Gasteiger partial charge on any atom is 0.416 e. The number of allylic oxidation sites excluding steroid dienone is 1. The van der Waals surface area contributed by atoms with Crippen molar-refractivity contribution in [1.82, 2.24) is 24.9 Å². The average molecular weight is 456 g/mol. The van der Waals surface area contributed by atoms with Gasteiger partial charge in [0.05, 0.1) is 17.0 Å². The van der Waals surface area contributed by atoms with E-state index in [1.54, 1.807) is 22.9 Å². The number of aliphatic imine (C=N–C) groups is 1. The van der Waals surface area contributed by atoms with Crippen LogP contribution in [0.4, 0.5) is 13.2 Å². The number of nitrogens with zero attached hydrogens (tertiary/aromatic N) is 4. The lowest BCUT2D eigenvalue weighted by molar-refractivity contribution is -0.137. The van der Waals surface area contributed by atoms with E-state index in [1.165, 1.54) is 25.2 Å². The van der Waals surface area contributed by atoms with Gasteiger partial charge in [-0.1, -0.05) is 12.1 Å². The van der Waals surface area contributed by atoms with E-state index in [0.717, 1.165) is 31.8 Å². The molecule has 3 saturated heterocycles. The SMILES string of the molecule is FC(F)(F)c1cccc(-c2nc3occn3c2C2=CC=NC(N[C@@H]3CN4CCC3CC4)N2)c1. The molecule has 1 aromatic carbocycles. The molecule has 1 unspecified atom stereocenters. The second-order valence-corrected chi connectivity index (χ2v) is 8.78. The van der Waals surface area contributed by atoms with Crippen molar-refractivity contribution in [2.75, 3.05) is 19.6 Å². The first kappa shape index (κ1) is 20.5. The molecule has 7 rings (SSSR count). The van der Waals surface area contributed by atoms with Crippen molar-refractivity contribution in [3.63, 3.8) is 0 Å². The third-order valence-corrected chi connectivity index (χ3v) is 6.78. The molecule has 0 saturated carbocycles. The zero-order chi connectivity index (χ0) is 22.6. The van der Waals surface area contributed by atoms with Crippen LogP contribution >= 0.6 is 0 Å². The summed E-state index contributed by atoms with van der Waals surface area (Å²) in [6, 6.07) is 5.54. The summed E-state index contributed by atoms with van der Waals surface area (Å²) in [4.78, 5) is 11.5. The molecule has 33 heavy (non-hydrogen) atoms. The number of nitrogens with one attached hydrogen (secondary N) is 2. The van der Waals surface area contributed by atoms with Gasteiger partial charge in [0.25, 0.3) is 0 Å². The number of hydrogen-bond acceptors (Lipinski definition) is 6. The second kappa shape index (κ2) is 7.74. The highest BCUT2D eigenvalue weighted by atomic mass is 19.4. The first-order chi connectivity index (χ1) is 16.0. The number of aromatic nitrogens is 2. The van der Waals surface area contributed by atoms with Gasteiger partial charge in [-0.25, -0.2) is 0 Å². The van der Waals surface area contributed by atoms with Crippen LogP contribution in [0.25, 0.3) is 22.8 Å². The first-order valence-electron chi connectivity index (χ1n) is 11.1. The van der Waals surface area contributed by atoms with E-state index < -0.39 is 11.7 Å². The number of piperidine rings is 3. The minimum Gasteiger partial charge on any atom is -0.432 e. The van der Waals surface area contributed by atoms with Gasteiger partial charge in [0.1, 0.15) is 12.0 Å².